The molecule has 0 saturated heterocycles. The van der Waals surface area contributed by atoms with Crippen molar-refractivity contribution in [2.45, 2.75) is 38.1 Å². The summed E-state index contributed by atoms with van der Waals surface area (Å²) in [4.78, 5) is -2.76. The topological polar surface area (TPSA) is 117 Å². The maximum atomic E-state index is 14.3. The first-order chi connectivity index (χ1) is 16.5. The van der Waals surface area contributed by atoms with Crippen LogP contribution in [-0.4, -0.2) is 30.8 Å². The zero-order valence-electron chi connectivity index (χ0n) is 18.9. The molecule has 0 amide bonds. The van der Waals surface area contributed by atoms with E-state index in [0.717, 1.165) is 61.5 Å². The smallest absolute Gasteiger partial charge is 0.535 e. The average molecular weight is 608 g/mol. The molecule has 0 unspecified atom stereocenters. The number of sulfone groups is 2. The molecule has 1 atom stereocenters. The van der Waals surface area contributed by atoms with Crippen LogP contribution in [0.4, 0.5) is 17.6 Å². The van der Waals surface area contributed by atoms with Gasteiger partial charge < -0.3 is 4.72 Å². The molecule has 0 aromatic heterocycles. The molecule has 16 heteroatoms. The van der Waals surface area contributed by atoms with Crippen molar-refractivity contribution >= 4 is 41.3 Å². The summed E-state index contributed by atoms with van der Waals surface area (Å²) in [6.07, 6.45) is 0. The van der Waals surface area contributed by atoms with Gasteiger partial charge in [0.2, 0.25) is 19.7 Å². The summed E-state index contributed by atoms with van der Waals surface area (Å²) in [5.74, 6) is -1.11. The Morgan fingerprint density at radius 3 is 1.89 bits per heavy atom. The molecule has 0 saturated carbocycles. The predicted molar refractivity (Wildman–Crippen MR) is 122 cm³/mol. The molecule has 37 heavy (non-hydrogen) atoms. The molecule has 0 aliphatic heterocycles. The third-order valence-corrected chi connectivity index (χ3v) is 10.1. The molecule has 3 aromatic carbocycles. The van der Waals surface area contributed by atoms with Gasteiger partial charge in [0.25, 0.3) is 0 Å². The minimum absolute atomic E-state index is 0. The maximum absolute atomic E-state index is 14.3. The summed E-state index contributed by atoms with van der Waals surface area (Å²) in [5.41, 5.74) is -5.66. The minimum Gasteiger partial charge on any atom is -0.535 e. The number of hydrogen-bond acceptors (Lipinski definition) is 6. The van der Waals surface area contributed by atoms with E-state index in [9.17, 15) is 42.8 Å². The van der Waals surface area contributed by atoms with E-state index >= 15 is 0 Å². The Morgan fingerprint density at radius 2 is 1.35 bits per heavy atom. The number of sulfonamides is 1. The van der Waals surface area contributed by atoms with Crippen molar-refractivity contribution in [3.05, 3.63) is 87.9 Å². The van der Waals surface area contributed by atoms with Gasteiger partial charge in [-0.25, -0.2) is 29.6 Å². The van der Waals surface area contributed by atoms with E-state index in [1.165, 1.54) is 12.1 Å². The molecule has 0 aliphatic carbocycles. The van der Waals surface area contributed by atoms with E-state index in [1.54, 1.807) is 0 Å². The first kappa shape index (κ1) is 31.7. The Morgan fingerprint density at radius 1 is 0.784 bits per heavy atom. The molecule has 3 aromatic rings. The van der Waals surface area contributed by atoms with Crippen molar-refractivity contribution in [2.24, 2.45) is 0 Å². The molecule has 3 rings (SSSR count). The number of benzene rings is 3. The molecule has 194 valence electrons. The SMILES string of the molecule is C[C@H]([N-]S(=O)(=O)C(F)(F)F)c1ccc(S(=O)(=O)c2ccc(Cl)cc2S(=O)(=O)c2ccccc2F)cc1.[Na+]. The monoisotopic (exact) mass is 607 g/mol. The number of nitrogens with zero attached hydrogens (tertiary/aromatic N) is 1. The van der Waals surface area contributed by atoms with Gasteiger partial charge in [-0.1, -0.05) is 48.4 Å². The van der Waals surface area contributed by atoms with Gasteiger partial charge >= 0.3 is 35.1 Å². The quantitative estimate of drug-likeness (QED) is 0.301. The molecular weight excluding hydrogens is 593 g/mol. The van der Waals surface area contributed by atoms with Crippen molar-refractivity contribution in [3.8, 4) is 0 Å². The van der Waals surface area contributed by atoms with Crippen molar-refractivity contribution in [1.82, 2.24) is 0 Å². The Balaban J connectivity index is 0.00000481. The van der Waals surface area contributed by atoms with Crippen molar-refractivity contribution < 1.29 is 72.4 Å². The summed E-state index contributed by atoms with van der Waals surface area (Å²) in [6.45, 7) is 1.06. The van der Waals surface area contributed by atoms with Gasteiger partial charge in [0.1, 0.15) is 10.7 Å². The van der Waals surface area contributed by atoms with Gasteiger partial charge in [0, 0.05) is 5.02 Å². The second-order valence-electron chi connectivity index (χ2n) is 7.30. The van der Waals surface area contributed by atoms with Gasteiger partial charge in [0.05, 0.1) is 14.7 Å². The van der Waals surface area contributed by atoms with Crippen LogP contribution in [0, 0.1) is 5.82 Å². The van der Waals surface area contributed by atoms with E-state index in [-0.39, 0.29) is 40.1 Å². The normalized spacial score (nSPS) is 13.6. The molecule has 0 heterocycles. The summed E-state index contributed by atoms with van der Waals surface area (Å²) in [5, 5.41) is -0.138. The van der Waals surface area contributed by atoms with Gasteiger partial charge in [-0.05, 0) is 42.5 Å². The van der Waals surface area contributed by atoms with E-state index in [2.05, 4.69) is 4.72 Å². The Kier molecular flexibility index (Phi) is 9.68. The van der Waals surface area contributed by atoms with Crippen LogP contribution in [0.15, 0.2) is 86.3 Å². The Bertz CT molecular complexity index is 1630. The molecule has 0 fully saturated rings. The van der Waals surface area contributed by atoms with Crippen LogP contribution in [0.25, 0.3) is 4.72 Å². The number of hydrogen-bond donors (Lipinski definition) is 0. The second kappa shape index (κ2) is 11.3. The van der Waals surface area contributed by atoms with E-state index in [4.69, 9.17) is 11.6 Å². The zero-order valence-corrected chi connectivity index (χ0v) is 24.1. The Labute approximate surface area is 238 Å². The molecule has 0 radical (unpaired) electrons. The first-order valence-corrected chi connectivity index (χ1v) is 14.4. The molecule has 7 nitrogen and oxygen atoms in total. The van der Waals surface area contributed by atoms with Gasteiger partial charge in [-0.2, -0.15) is 13.2 Å². The molecule has 0 aliphatic rings. The van der Waals surface area contributed by atoms with Crippen LogP contribution < -0.4 is 29.6 Å². The van der Waals surface area contributed by atoms with Gasteiger partial charge in [-0.15, -0.1) is 6.04 Å². The number of halogens is 5. The van der Waals surface area contributed by atoms with E-state index in [0.29, 0.717) is 0 Å². The van der Waals surface area contributed by atoms with Gasteiger partial charge in [0.15, 0.2) is 10.0 Å². The van der Waals surface area contributed by atoms with Crippen molar-refractivity contribution in [3.63, 3.8) is 0 Å². The standard InChI is InChI=1S/C21H15ClF4NO6S3.Na/c1-13(27-36(32,33)21(24,25)26)14-6-9-16(10-7-14)34(28,29)19-11-8-15(22)12-20(19)35(30,31)18-5-3-2-4-17(18)23;/h2-13H,1H3;/q-1;+1/t13-;/m0./s1. The average Bonchev–Trinajstić information content (AvgIpc) is 2.78. The van der Waals surface area contributed by atoms with Crippen LogP contribution in [0.5, 0.6) is 0 Å². The second-order valence-corrected chi connectivity index (χ2v) is 13.2. The van der Waals surface area contributed by atoms with Crippen LogP contribution in [-0.2, 0) is 29.7 Å². The minimum atomic E-state index is -5.79. The molecule has 0 N–H and O–H groups in total. The third-order valence-electron chi connectivity index (χ3n) is 4.87. The molecule has 0 spiro atoms. The molecule has 0 bridgehead atoms. The predicted octanol–water partition coefficient (Wildman–Crippen LogP) is 2.43. The largest absolute Gasteiger partial charge is 1.00 e. The van der Waals surface area contributed by atoms with Gasteiger partial charge in [-0.3, -0.25) is 0 Å². The summed E-state index contributed by atoms with van der Waals surface area (Å²) < 4.78 is 130. The maximum Gasteiger partial charge on any atom is 1.00 e. The summed E-state index contributed by atoms with van der Waals surface area (Å²) >= 11 is 5.89. The first-order valence-electron chi connectivity index (χ1n) is 9.66. The fourth-order valence-electron chi connectivity index (χ4n) is 3.08. The number of rotatable bonds is 7. The van der Waals surface area contributed by atoms with Crippen LogP contribution >= 0.6 is 11.6 Å². The molecular formula is C21H15ClF4NNaO6S3. The van der Waals surface area contributed by atoms with Crippen LogP contribution in [0.2, 0.25) is 5.02 Å². The zero-order chi connectivity index (χ0) is 27.1. The fourth-order valence-corrected chi connectivity index (χ4v) is 7.38. The van der Waals surface area contributed by atoms with E-state index < -0.39 is 66.6 Å². The van der Waals surface area contributed by atoms with Crippen molar-refractivity contribution in [2.75, 3.05) is 0 Å². The third kappa shape index (κ3) is 6.56. The van der Waals surface area contributed by atoms with E-state index in [1.807, 2.05) is 0 Å². The summed E-state index contributed by atoms with van der Waals surface area (Å²) in [6, 6.07) is 9.70. The Hall–Kier alpha value is -1.52. The van der Waals surface area contributed by atoms with Crippen LogP contribution in [0.3, 0.4) is 0 Å². The van der Waals surface area contributed by atoms with Crippen LogP contribution in [0.1, 0.15) is 18.5 Å². The summed E-state index contributed by atoms with van der Waals surface area (Å²) in [7, 11) is -15.1. The number of alkyl halides is 3. The fraction of sp³-hybridized carbons (Fsp3) is 0.143. The van der Waals surface area contributed by atoms with Crippen molar-refractivity contribution in [1.29, 1.82) is 0 Å².